The van der Waals surface area contributed by atoms with Crippen LogP contribution in [0.3, 0.4) is 0 Å². The number of nitrogens with zero attached hydrogens (tertiary/aromatic N) is 2. The van der Waals surface area contributed by atoms with Crippen LogP contribution in [0.1, 0.15) is 78.6 Å². The van der Waals surface area contributed by atoms with E-state index in [2.05, 4.69) is 6.07 Å². The fourth-order valence-corrected chi connectivity index (χ4v) is 8.08. The lowest BCUT2D eigenvalue weighted by atomic mass is 9.84. The van der Waals surface area contributed by atoms with Crippen LogP contribution in [0.2, 0.25) is 5.02 Å². The number of hydrogen-bond acceptors (Lipinski definition) is 6. The van der Waals surface area contributed by atoms with E-state index in [4.69, 9.17) is 21.1 Å². The molecule has 0 radical (unpaired) electrons. The number of carboxylic acids is 1. The van der Waals surface area contributed by atoms with Gasteiger partial charge in [-0.25, -0.2) is 39.6 Å². The largest absolute Gasteiger partial charge is 0.486 e. The van der Waals surface area contributed by atoms with Gasteiger partial charge >= 0.3 is 5.97 Å². The van der Waals surface area contributed by atoms with Crippen LogP contribution in [-0.4, -0.2) is 55.6 Å². The van der Waals surface area contributed by atoms with Gasteiger partial charge < -0.3 is 19.5 Å². The molecule has 1 N–H and O–H groups in total. The van der Waals surface area contributed by atoms with Crippen LogP contribution in [-0.2, 0) is 38.1 Å². The van der Waals surface area contributed by atoms with Gasteiger partial charge in [0.1, 0.15) is 17.7 Å². The third-order valence-corrected chi connectivity index (χ3v) is 11.9. The van der Waals surface area contributed by atoms with E-state index in [1.807, 2.05) is 32.9 Å². The van der Waals surface area contributed by atoms with Crippen LogP contribution in [0.15, 0.2) is 59.5 Å². The monoisotopic (exact) mass is 838 g/mol. The minimum absolute atomic E-state index is 0.0283. The number of rotatable bonds is 13. The van der Waals surface area contributed by atoms with Crippen molar-refractivity contribution < 1.29 is 58.9 Å². The fraction of sp³-hybridized carbons (Fsp3) is 0.350. The summed E-state index contributed by atoms with van der Waals surface area (Å²) in [6.07, 6.45) is 1.71. The van der Waals surface area contributed by atoms with Crippen LogP contribution in [0, 0.1) is 34.9 Å². The molecule has 1 aliphatic heterocycles. The molecule has 0 unspecified atom stereocenters. The molecule has 1 amide bonds. The van der Waals surface area contributed by atoms with Crippen molar-refractivity contribution in [3.8, 4) is 5.75 Å². The maximum atomic E-state index is 15.2. The zero-order chi connectivity index (χ0) is 41.6. The number of sulfonamides is 1. The fourth-order valence-electron chi connectivity index (χ4n) is 6.38. The van der Waals surface area contributed by atoms with Gasteiger partial charge in [0, 0.05) is 18.0 Å². The molecule has 2 aliphatic rings. The molecule has 4 aromatic rings. The minimum Gasteiger partial charge on any atom is -0.486 e. The Bertz CT molecular complexity index is 2320. The number of amides is 1. The molecule has 1 atom stereocenters. The molecule has 1 saturated heterocycles. The molecule has 57 heavy (non-hydrogen) atoms. The molecule has 4 aromatic carbocycles. The average molecular weight is 839 g/mol. The van der Waals surface area contributed by atoms with Crippen molar-refractivity contribution in [3.05, 3.63) is 122 Å². The number of carbonyl (C=O) groups excluding carboxylic acids is 1. The highest BCUT2D eigenvalue weighted by molar-refractivity contribution is 7.89. The predicted molar refractivity (Wildman–Crippen MR) is 197 cm³/mol. The maximum absolute atomic E-state index is 15.2. The van der Waals surface area contributed by atoms with Crippen molar-refractivity contribution in [2.75, 3.05) is 24.7 Å². The van der Waals surface area contributed by atoms with E-state index in [1.54, 1.807) is 0 Å². The molecule has 0 bridgehead atoms. The smallest absolute Gasteiger partial charge is 0.335 e. The van der Waals surface area contributed by atoms with E-state index >= 15 is 8.78 Å². The van der Waals surface area contributed by atoms with E-state index in [9.17, 15) is 40.7 Å². The van der Waals surface area contributed by atoms with Gasteiger partial charge in [-0.2, -0.15) is 4.31 Å². The normalized spacial score (nSPS) is 15.9. The van der Waals surface area contributed by atoms with Crippen LogP contribution in [0.5, 0.6) is 5.75 Å². The zero-order valence-corrected chi connectivity index (χ0v) is 32.4. The molecule has 6 rings (SSSR count). The van der Waals surface area contributed by atoms with Gasteiger partial charge in [-0.15, -0.1) is 0 Å². The number of carbonyl (C=O) groups is 2. The van der Waals surface area contributed by atoms with E-state index in [0.29, 0.717) is 18.6 Å². The molecular formula is C40H37ClF6N2O7S. The lowest BCUT2D eigenvalue weighted by Crippen LogP contribution is -2.43. The van der Waals surface area contributed by atoms with Gasteiger partial charge in [-0.3, -0.25) is 4.79 Å². The highest BCUT2D eigenvalue weighted by atomic mass is 35.5. The predicted octanol–water partition coefficient (Wildman–Crippen LogP) is 8.64. The molecule has 17 heteroatoms. The van der Waals surface area contributed by atoms with Crippen LogP contribution in [0.25, 0.3) is 0 Å². The van der Waals surface area contributed by atoms with Crippen molar-refractivity contribution in [1.82, 2.24) is 4.31 Å². The van der Waals surface area contributed by atoms with Gasteiger partial charge in [0.2, 0.25) is 21.7 Å². The number of halogens is 7. The average Bonchev–Trinajstić information content (AvgIpc) is 3.88. The lowest BCUT2D eigenvalue weighted by molar-refractivity contribution is -0.119. The number of hydrogen-bond donors (Lipinski definition) is 1. The first-order chi connectivity index (χ1) is 26.8. The van der Waals surface area contributed by atoms with E-state index in [0.717, 1.165) is 47.1 Å². The second-order valence-electron chi connectivity index (χ2n) is 15.0. The summed E-state index contributed by atoms with van der Waals surface area (Å²) in [6, 6.07) is 12.2. The summed E-state index contributed by atoms with van der Waals surface area (Å²) in [4.78, 5) is 25.7. The maximum Gasteiger partial charge on any atom is 0.335 e. The Balaban J connectivity index is 1.51. The summed E-state index contributed by atoms with van der Waals surface area (Å²) >= 11 is 6.20. The number of benzene rings is 4. The molecule has 2 fully saturated rings. The van der Waals surface area contributed by atoms with Gasteiger partial charge in [0.25, 0.3) is 0 Å². The summed E-state index contributed by atoms with van der Waals surface area (Å²) in [5.74, 6) is -16.1. The molecule has 1 saturated carbocycles. The Morgan fingerprint density at radius 2 is 1.54 bits per heavy atom. The zero-order valence-electron chi connectivity index (χ0n) is 30.9. The van der Waals surface area contributed by atoms with E-state index < -0.39 is 80.9 Å². The van der Waals surface area contributed by atoms with Gasteiger partial charge in [-0.1, -0.05) is 56.6 Å². The Kier molecular flexibility index (Phi) is 12.0. The standard InChI is InChI=1S/C40H37ClF6N2O7S/c1-40(2,3)26-13-21(12-25(14-26)22-4-5-22)17-49(30-9-7-23(39(51)52)15-31(30)56-28-10-11-55-20-28)32(50)19-48(18-24-6-8-27(42)16-29(24)41)57(53,54)38-36(46)34(44)33(43)35(45)37(38)47/h6-9,12-16,22,28H,4-5,10-11,17-20H2,1-3H3,(H,51,52)/t28-/m1/s1. The Morgan fingerprint density at radius 1 is 0.877 bits per heavy atom. The summed E-state index contributed by atoms with van der Waals surface area (Å²) in [7, 11) is -5.80. The van der Waals surface area contributed by atoms with Gasteiger partial charge in [-0.05, 0) is 76.8 Å². The number of ether oxygens (including phenoxy) is 2. The molecule has 1 heterocycles. The van der Waals surface area contributed by atoms with Crippen molar-refractivity contribution in [3.63, 3.8) is 0 Å². The molecule has 9 nitrogen and oxygen atoms in total. The van der Waals surface area contributed by atoms with Crippen molar-refractivity contribution in [2.45, 2.75) is 75.5 Å². The first kappa shape index (κ1) is 42.0. The Morgan fingerprint density at radius 3 is 2.12 bits per heavy atom. The third kappa shape index (κ3) is 9.09. The van der Waals surface area contributed by atoms with Crippen LogP contribution in [0.4, 0.5) is 32.0 Å². The SMILES string of the molecule is CC(C)(C)c1cc(CN(C(=O)CN(Cc2ccc(F)cc2Cl)S(=O)(=O)c2c(F)c(F)c(F)c(F)c2F)c2ccc(C(=O)O)cc2O[C@@H]2CCOC2)cc(C2CC2)c1. The first-order valence-corrected chi connectivity index (χ1v) is 19.6. The van der Waals surface area contributed by atoms with Crippen LogP contribution >= 0.6 is 11.6 Å². The van der Waals surface area contributed by atoms with Crippen molar-refractivity contribution in [1.29, 1.82) is 0 Å². The summed E-state index contributed by atoms with van der Waals surface area (Å²) in [5.41, 5.74) is 1.69. The van der Waals surface area contributed by atoms with Gasteiger partial charge in [0.05, 0.1) is 37.6 Å². The number of aromatic carboxylic acids is 1. The highest BCUT2D eigenvalue weighted by Gasteiger charge is 2.39. The second-order valence-corrected chi connectivity index (χ2v) is 17.2. The number of carboxylic acid groups (broad SMARTS) is 1. The Labute approximate surface area is 329 Å². The number of anilines is 1. The Hall–Kier alpha value is -4.64. The topological polar surface area (TPSA) is 113 Å². The highest BCUT2D eigenvalue weighted by Crippen LogP contribution is 2.42. The van der Waals surface area contributed by atoms with E-state index in [1.165, 1.54) is 18.2 Å². The molecule has 304 valence electrons. The molecule has 0 aromatic heterocycles. The van der Waals surface area contributed by atoms with Crippen molar-refractivity contribution >= 4 is 39.2 Å². The third-order valence-electron chi connectivity index (χ3n) is 9.69. The van der Waals surface area contributed by atoms with Gasteiger partial charge in [0.15, 0.2) is 28.2 Å². The second kappa shape index (κ2) is 16.3. The first-order valence-electron chi connectivity index (χ1n) is 17.8. The quantitative estimate of drug-likeness (QED) is 0.0815. The summed E-state index contributed by atoms with van der Waals surface area (Å²) in [5, 5.41) is 9.46. The minimum atomic E-state index is -5.80. The van der Waals surface area contributed by atoms with Crippen molar-refractivity contribution in [2.24, 2.45) is 0 Å². The summed E-state index contributed by atoms with van der Waals surface area (Å²) in [6.45, 7) is 3.89. The van der Waals surface area contributed by atoms with Crippen LogP contribution < -0.4 is 9.64 Å². The summed E-state index contributed by atoms with van der Waals surface area (Å²) < 4.78 is 127. The lowest BCUT2D eigenvalue weighted by Gasteiger charge is -2.30. The molecule has 1 aliphatic carbocycles. The molecule has 0 spiro atoms. The molecular weight excluding hydrogens is 802 g/mol. The van der Waals surface area contributed by atoms with E-state index in [-0.39, 0.29) is 56.4 Å².